The molecule has 0 aliphatic carbocycles. The highest BCUT2D eigenvalue weighted by Gasteiger charge is 2.26. The summed E-state index contributed by atoms with van der Waals surface area (Å²) in [5.74, 6) is -0.125. The van der Waals surface area contributed by atoms with Crippen LogP contribution in [0.2, 0.25) is 0 Å². The molecule has 0 saturated carbocycles. The minimum atomic E-state index is -0.223. The first-order valence-corrected chi connectivity index (χ1v) is 5.83. The largest absolute Gasteiger partial charge is 0.394 e. The molecule has 1 fully saturated rings. The number of rotatable bonds is 2. The number of aliphatic hydroxyl groups excluding tert-OH is 1. The van der Waals surface area contributed by atoms with Gasteiger partial charge < -0.3 is 15.0 Å². The van der Waals surface area contributed by atoms with Gasteiger partial charge in [0.1, 0.15) is 0 Å². The van der Waals surface area contributed by atoms with E-state index in [0.717, 1.165) is 19.3 Å². The lowest BCUT2D eigenvalue weighted by atomic mass is 10.0. The molecule has 1 amide bonds. The number of hydrogen-bond acceptors (Lipinski definition) is 3. The van der Waals surface area contributed by atoms with Crippen LogP contribution in [0, 0.1) is 0 Å². The summed E-state index contributed by atoms with van der Waals surface area (Å²) in [5, 5.41) is 9.25. The Balaban J connectivity index is 2.18. The van der Waals surface area contributed by atoms with Crippen LogP contribution in [0.15, 0.2) is 23.1 Å². The highest BCUT2D eigenvalue weighted by Crippen LogP contribution is 2.18. The molecule has 92 valence electrons. The molecule has 1 saturated heterocycles. The predicted molar refractivity (Wildman–Crippen MR) is 62.8 cm³/mol. The van der Waals surface area contributed by atoms with E-state index in [-0.39, 0.29) is 24.1 Å². The van der Waals surface area contributed by atoms with E-state index < -0.39 is 0 Å². The molecule has 1 aliphatic rings. The molecule has 0 bridgehead atoms. The fourth-order valence-corrected chi connectivity index (χ4v) is 2.17. The number of hydrogen-bond donors (Lipinski definition) is 2. The smallest absolute Gasteiger partial charge is 0.255 e. The lowest BCUT2D eigenvalue weighted by Gasteiger charge is -2.34. The van der Waals surface area contributed by atoms with Gasteiger partial charge in [-0.05, 0) is 25.3 Å². The van der Waals surface area contributed by atoms with Gasteiger partial charge in [0.15, 0.2) is 0 Å². The van der Waals surface area contributed by atoms with E-state index >= 15 is 0 Å². The normalized spacial score (nSPS) is 20.3. The Morgan fingerprint density at radius 2 is 2.29 bits per heavy atom. The van der Waals surface area contributed by atoms with Crippen molar-refractivity contribution in [3.8, 4) is 0 Å². The lowest BCUT2D eigenvalue weighted by molar-refractivity contribution is 0.0502. The summed E-state index contributed by atoms with van der Waals surface area (Å²) in [7, 11) is 0. The number of aromatic amines is 1. The maximum absolute atomic E-state index is 12.2. The zero-order valence-corrected chi connectivity index (χ0v) is 9.56. The van der Waals surface area contributed by atoms with Crippen molar-refractivity contribution in [2.45, 2.75) is 25.3 Å². The standard InChI is InChI=1S/C12H16N2O3/c15-8-10-3-1-2-6-14(10)12(17)9-4-5-11(16)13-7-9/h4-5,7,10,15H,1-3,6,8H2,(H,13,16). The third kappa shape index (κ3) is 2.55. The average molecular weight is 236 g/mol. The molecular formula is C12H16N2O3. The van der Waals surface area contributed by atoms with Crippen molar-refractivity contribution in [3.05, 3.63) is 34.2 Å². The summed E-state index contributed by atoms with van der Waals surface area (Å²) >= 11 is 0. The van der Waals surface area contributed by atoms with Crippen LogP contribution in [-0.4, -0.2) is 40.1 Å². The second kappa shape index (κ2) is 5.14. The van der Waals surface area contributed by atoms with Crippen LogP contribution in [0.25, 0.3) is 0 Å². The minimum Gasteiger partial charge on any atom is -0.394 e. The fraction of sp³-hybridized carbons (Fsp3) is 0.500. The predicted octanol–water partition coefficient (Wildman–Crippen LogP) is 0.362. The molecule has 0 aromatic carbocycles. The second-order valence-electron chi connectivity index (χ2n) is 4.27. The lowest BCUT2D eigenvalue weighted by Crippen LogP contribution is -2.45. The third-order valence-electron chi connectivity index (χ3n) is 3.13. The second-order valence-corrected chi connectivity index (χ2v) is 4.27. The van der Waals surface area contributed by atoms with E-state index in [1.165, 1.54) is 18.3 Å². The van der Waals surface area contributed by atoms with E-state index in [1.54, 1.807) is 4.90 Å². The van der Waals surface area contributed by atoms with Crippen LogP contribution >= 0.6 is 0 Å². The van der Waals surface area contributed by atoms with E-state index in [1.807, 2.05) is 0 Å². The van der Waals surface area contributed by atoms with Gasteiger partial charge in [0.25, 0.3) is 5.91 Å². The Morgan fingerprint density at radius 3 is 2.94 bits per heavy atom. The maximum Gasteiger partial charge on any atom is 0.255 e. The van der Waals surface area contributed by atoms with Crippen molar-refractivity contribution < 1.29 is 9.90 Å². The van der Waals surface area contributed by atoms with Crippen molar-refractivity contribution in [1.82, 2.24) is 9.88 Å². The first kappa shape index (κ1) is 11.9. The Kier molecular flexibility index (Phi) is 3.58. The number of aromatic nitrogens is 1. The molecule has 1 atom stereocenters. The van der Waals surface area contributed by atoms with Gasteiger partial charge in [-0.3, -0.25) is 9.59 Å². The van der Waals surface area contributed by atoms with E-state index in [2.05, 4.69) is 4.98 Å². The van der Waals surface area contributed by atoms with Crippen LogP contribution in [0.1, 0.15) is 29.6 Å². The number of nitrogens with one attached hydrogen (secondary N) is 1. The molecule has 2 N–H and O–H groups in total. The third-order valence-corrected chi connectivity index (χ3v) is 3.13. The van der Waals surface area contributed by atoms with E-state index in [4.69, 9.17) is 0 Å². The highest BCUT2D eigenvalue weighted by atomic mass is 16.3. The summed E-state index contributed by atoms with van der Waals surface area (Å²) in [4.78, 5) is 27.3. The SMILES string of the molecule is O=C(c1ccc(=O)[nH]c1)N1CCCCC1CO. The van der Waals surface area contributed by atoms with Gasteiger partial charge in [0, 0.05) is 18.8 Å². The molecule has 5 heteroatoms. The van der Waals surface area contributed by atoms with Gasteiger partial charge in [0.05, 0.1) is 18.2 Å². The number of piperidine rings is 1. The number of likely N-dealkylation sites (tertiary alicyclic amines) is 1. The quantitative estimate of drug-likeness (QED) is 0.778. The molecule has 5 nitrogen and oxygen atoms in total. The zero-order valence-electron chi connectivity index (χ0n) is 9.56. The molecule has 1 aliphatic heterocycles. The Labute approximate surface area is 99.1 Å². The minimum absolute atomic E-state index is 0.00487. The summed E-state index contributed by atoms with van der Waals surface area (Å²) < 4.78 is 0. The van der Waals surface area contributed by atoms with Crippen molar-refractivity contribution >= 4 is 5.91 Å². The van der Waals surface area contributed by atoms with Gasteiger partial charge in [-0.1, -0.05) is 0 Å². The molecule has 1 unspecified atom stereocenters. The maximum atomic E-state index is 12.2. The fourth-order valence-electron chi connectivity index (χ4n) is 2.17. The van der Waals surface area contributed by atoms with Crippen LogP contribution < -0.4 is 5.56 Å². The summed E-state index contributed by atoms with van der Waals surface area (Å²) in [5.41, 5.74) is 0.240. The molecular weight excluding hydrogens is 220 g/mol. The van der Waals surface area contributed by atoms with Crippen molar-refractivity contribution in [2.75, 3.05) is 13.2 Å². The number of amides is 1. The molecule has 2 heterocycles. The number of carbonyl (C=O) groups excluding carboxylic acids is 1. The number of aliphatic hydroxyl groups is 1. The Hall–Kier alpha value is -1.62. The number of nitrogens with zero attached hydrogens (tertiary/aromatic N) is 1. The molecule has 17 heavy (non-hydrogen) atoms. The first-order valence-electron chi connectivity index (χ1n) is 5.83. The zero-order chi connectivity index (χ0) is 12.3. The van der Waals surface area contributed by atoms with Crippen LogP contribution in [0.5, 0.6) is 0 Å². The van der Waals surface area contributed by atoms with Gasteiger partial charge in [-0.15, -0.1) is 0 Å². The van der Waals surface area contributed by atoms with Gasteiger partial charge in [-0.2, -0.15) is 0 Å². The number of pyridine rings is 1. The highest BCUT2D eigenvalue weighted by molar-refractivity contribution is 5.94. The molecule has 1 aromatic heterocycles. The summed E-state index contributed by atoms with van der Waals surface area (Å²) in [6.07, 6.45) is 4.27. The Bertz CT molecular complexity index is 435. The van der Waals surface area contributed by atoms with Gasteiger partial charge in [0.2, 0.25) is 5.56 Å². The summed E-state index contributed by atoms with van der Waals surface area (Å²) in [6.45, 7) is 0.665. The molecule has 2 rings (SSSR count). The molecule has 0 radical (unpaired) electrons. The Morgan fingerprint density at radius 1 is 1.47 bits per heavy atom. The first-order chi connectivity index (χ1) is 8.22. The molecule has 1 aromatic rings. The van der Waals surface area contributed by atoms with Crippen LogP contribution in [0.4, 0.5) is 0 Å². The van der Waals surface area contributed by atoms with Crippen LogP contribution in [0.3, 0.4) is 0 Å². The van der Waals surface area contributed by atoms with Crippen molar-refractivity contribution in [2.24, 2.45) is 0 Å². The van der Waals surface area contributed by atoms with Crippen molar-refractivity contribution in [3.63, 3.8) is 0 Å². The van der Waals surface area contributed by atoms with Gasteiger partial charge in [-0.25, -0.2) is 0 Å². The monoisotopic (exact) mass is 236 g/mol. The van der Waals surface area contributed by atoms with Crippen molar-refractivity contribution in [1.29, 1.82) is 0 Å². The van der Waals surface area contributed by atoms with E-state index in [9.17, 15) is 14.7 Å². The average Bonchev–Trinajstić information content (AvgIpc) is 2.39. The molecule has 0 spiro atoms. The van der Waals surface area contributed by atoms with Gasteiger partial charge >= 0.3 is 0 Å². The number of carbonyl (C=O) groups is 1. The topological polar surface area (TPSA) is 73.4 Å². The number of H-pyrrole nitrogens is 1. The van der Waals surface area contributed by atoms with E-state index in [0.29, 0.717) is 12.1 Å². The summed E-state index contributed by atoms with van der Waals surface area (Å²) in [6, 6.07) is 2.76. The van der Waals surface area contributed by atoms with Crippen LogP contribution in [-0.2, 0) is 0 Å².